The number of hydrogen-bond donors (Lipinski definition) is 1. The van der Waals surface area contributed by atoms with Gasteiger partial charge in [0.2, 0.25) is 0 Å². The molecule has 0 saturated heterocycles. The average Bonchev–Trinajstić information content (AvgIpc) is 2.14. The van der Waals surface area contributed by atoms with Crippen molar-refractivity contribution >= 4 is 9.84 Å². The van der Waals surface area contributed by atoms with Crippen LogP contribution in [-0.2, 0) is 9.84 Å². The maximum Gasteiger partial charge on any atom is 0.156 e. The second kappa shape index (κ2) is 6.60. The summed E-state index contributed by atoms with van der Waals surface area (Å²) in [6.07, 6.45) is 3.31. The first-order valence-electron chi connectivity index (χ1n) is 6.20. The minimum atomic E-state index is -2.98. The van der Waals surface area contributed by atoms with Gasteiger partial charge >= 0.3 is 0 Å². The molecule has 1 N–H and O–H groups in total. The molecule has 0 amide bonds. The molecule has 0 aliphatic carbocycles. The van der Waals surface area contributed by atoms with Gasteiger partial charge in [-0.15, -0.1) is 0 Å². The maximum atomic E-state index is 11.8. The Balaban J connectivity index is 4.07. The first kappa shape index (κ1) is 15.9. The second-order valence-electron chi connectivity index (χ2n) is 5.28. The zero-order valence-electron chi connectivity index (χ0n) is 11.3. The normalized spacial score (nSPS) is 15.1. The average molecular weight is 249 g/mol. The zero-order chi connectivity index (χ0) is 12.8. The van der Waals surface area contributed by atoms with Gasteiger partial charge in [-0.1, -0.05) is 20.3 Å². The predicted octanol–water partition coefficient (Wildman–Crippen LogP) is 2.37. The van der Waals surface area contributed by atoms with Gasteiger partial charge < -0.3 is 5.32 Å². The molecule has 4 heteroatoms. The van der Waals surface area contributed by atoms with E-state index in [2.05, 4.69) is 19.2 Å². The van der Waals surface area contributed by atoms with Crippen LogP contribution in [0.3, 0.4) is 0 Å². The molecule has 0 aromatic carbocycles. The highest BCUT2D eigenvalue weighted by Crippen LogP contribution is 2.15. The van der Waals surface area contributed by atoms with Gasteiger partial charge in [0, 0.05) is 12.6 Å². The minimum absolute atomic E-state index is 0.233. The van der Waals surface area contributed by atoms with Gasteiger partial charge in [0.25, 0.3) is 0 Å². The van der Waals surface area contributed by atoms with E-state index in [-0.39, 0.29) is 5.75 Å². The summed E-state index contributed by atoms with van der Waals surface area (Å²) in [5.74, 6) is 0.233. The van der Waals surface area contributed by atoms with Crippen LogP contribution < -0.4 is 5.32 Å². The van der Waals surface area contributed by atoms with Crippen molar-refractivity contribution in [1.29, 1.82) is 0 Å². The second-order valence-corrected chi connectivity index (χ2v) is 8.14. The quantitative estimate of drug-likeness (QED) is 0.753. The summed E-state index contributed by atoms with van der Waals surface area (Å²) in [7, 11) is -2.98. The van der Waals surface area contributed by atoms with Gasteiger partial charge in [0.15, 0.2) is 9.84 Å². The molecule has 98 valence electrons. The largest absolute Gasteiger partial charge is 0.313 e. The summed E-state index contributed by atoms with van der Waals surface area (Å²) in [5.41, 5.74) is 0. The summed E-state index contributed by atoms with van der Waals surface area (Å²) >= 11 is 0. The van der Waals surface area contributed by atoms with Gasteiger partial charge in [-0.25, -0.2) is 8.42 Å². The highest BCUT2D eigenvalue weighted by atomic mass is 32.2. The molecule has 0 aromatic rings. The van der Waals surface area contributed by atoms with Crippen molar-refractivity contribution in [3.05, 3.63) is 0 Å². The Kier molecular flexibility index (Phi) is 6.56. The molecule has 0 rings (SSSR count). The number of sulfone groups is 1. The van der Waals surface area contributed by atoms with Crippen molar-refractivity contribution in [1.82, 2.24) is 5.32 Å². The molecule has 0 bridgehead atoms. The van der Waals surface area contributed by atoms with Crippen LogP contribution in [0.5, 0.6) is 0 Å². The molecule has 0 saturated carbocycles. The highest BCUT2D eigenvalue weighted by molar-refractivity contribution is 7.92. The topological polar surface area (TPSA) is 46.2 Å². The monoisotopic (exact) mass is 249 g/mol. The molecular formula is C12H27NO2S. The van der Waals surface area contributed by atoms with Crippen LogP contribution in [0.4, 0.5) is 0 Å². The summed E-state index contributed by atoms with van der Waals surface area (Å²) in [6.45, 7) is 10.1. The van der Waals surface area contributed by atoms with Gasteiger partial charge in [-0.3, -0.25) is 0 Å². The van der Waals surface area contributed by atoms with E-state index in [9.17, 15) is 8.42 Å². The Morgan fingerprint density at radius 2 is 1.75 bits per heavy atom. The molecule has 0 aliphatic heterocycles. The van der Waals surface area contributed by atoms with Crippen molar-refractivity contribution in [3.63, 3.8) is 0 Å². The van der Waals surface area contributed by atoms with E-state index in [0.29, 0.717) is 12.6 Å². The molecule has 0 radical (unpaired) electrons. The molecular weight excluding hydrogens is 222 g/mol. The fraction of sp³-hybridized carbons (Fsp3) is 1.00. The van der Waals surface area contributed by atoms with Crippen molar-refractivity contribution < 1.29 is 8.42 Å². The fourth-order valence-corrected chi connectivity index (χ4v) is 2.50. The Bertz CT molecular complexity index is 278. The Hall–Kier alpha value is -0.0900. The summed E-state index contributed by atoms with van der Waals surface area (Å²) in [5, 5.41) is 3.32. The van der Waals surface area contributed by atoms with Gasteiger partial charge in [0.1, 0.15) is 0 Å². The third-order valence-electron chi connectivity index (χ3n) is 2.87. The van der Waals surface area contributed by atoms with E-state index < -0.39 is 14.6 Å². The summed E-state index contributed by atoms with van der Waals surface area (Å²) in [4.78, 5) is 0. The van der Waals surface area contributed by atoms with Crippen LogP contribution >= 0.6 is 0 Å². The molecule has 3 nitrogen and oxygen atoms in total. The van der Waals surface area contributed by atoms with Crippen LogP contribution in [0.2, 0.25) is 0 Å². The number of rotatable bonds is 7. The van der Waals surface area contributed by atoms with Gasteiger partial charge in [-0.05, 0) is 33.6 Å². The lowest BCUT2D eigenvalue weighted by Crippen LogP contribution is -2.37. The van der Waals surface area contributed by atoms with Crippen LogP contribution in [0.15, 0.2) is 0 Å². The minimum Gasteiger partial charge on any atom is -0.313 e. The highest BCUT2D eigenvalue weighted by Gasteiger charge is 2.28. The lowest BCUT2D eigenvalue weighted by molar-refractivity contribution is 0.473. The molecule has 16 heavy (non-hydrogen) atoms. The third-order valence-corrected chi connectivity index (χ3v) is 5.47. The zero-order valence-corrected chi connectivity index (χ0v) is 12.2. The van der Waals surface area contributed by atoms with E-state index in [1.54, 1.807) is 20.8 Å². The molecule has 0 heterocycles. The number of nitrogens with one attached hydrogen (secondary N) is 1. The van der Waals surface area contributed by atoms with Gasteiger partial charge in [-0.2, -0.15) is 0 Å². The predicted molar refractivity (Wildman–Crippen MR) is 70.5 cm³/mol. The fourth-order valence-electron chi connectivity index (χ4n) is 1.50. The molecule has 0 aliphatic rings. The Morgan fingerprint density at radius 3 is 2.12 bits per heavy atom. The van der Waals surface area contributed by atoms with Crippen molar-refractivity contribution in [2.45, 2.75) is 64.7 Å². The van der Waals surface area contributed by atoms with Gasteiger partial charge in [0.05, 0.1) is 10.5 Å². The standard InChI is InChI=1S/C12H27NO2S/c1-6-8-11(7-2)13-9-10-16(14,15)12(3,4)5/h11,13H,6-10H2,1-5H3. The van der Waals surface area contributed by atoms with E-state index in [1.165, 1.54) is 0 Å². The molecule has 0 spiro atoms. The van der Waals surface area contributed by atoms with Crippen LogP contribution in [0.25, 0.3) is 0 Å². The van der Waals surface area contributed by atoms with E-state index in [4.69, 9.17) is 0 Å². The van der Waals surface area contributed by atoms with E-state index >= 15 is 0 Å². The van der Waals surface area contributed by atoms with Crippen molar-refractivity contribution in [3.8, 4) is 0 Å². The Morgan fingerprint density at radius 1 is 1.19 bits per heavy atom. The van der Waals surface area contributed by atoms with Crippen LogP contribution in [-0.4, -0.2) is 31.5 Å². The SMILES string of the molecule is CCCC(CC)NCCS(=O)(=O)C(C)(C)C. The Labute approximate surface area is 101 Å². The maximum absolute atomic E-state index is 11.8. The van der Waals surface area contributed by atoms with Crippen LogP contribution in [0.1, 0.15) is 53.9 Å². The lowest BCUT2D eigenvalue weighted by atomic mass is 10.1. The molecule has 0 aromatic heterocycles. The van der Waals surface area contributed by atoms with Crippen LogP contribution in [0, 0.1) is 0 Å². The summed E-state index contributed by atoms with van der Waals surface area (Å²) < 4.78 is 23.0. The first-order chi connectivity index (χ1) is 7.24. The number of hydrogen-bond acceptors (Lipinski definition) is 3. The van der Waals surface area contributed by atoms with E-state index in [1.807, 2.05) is 0 Å². The third kappa shape index (κ3) is 5.30. The lowest BCUT2D eigenvalue weighted by Gasteiger charge is -2.21. The smallest absolute Gasteiger partial charge is 0.156 e. The molecule has 1 atom stereocenters. The molecule has 0 fully saturated rings. The van der Waals surface area contributed by atoms with E-state index in [0.717, 1.165) is 19.3 Å². The summed E-state index contributed by atoms with van der Waals surface area (Å²) in [6, 6.07) is 0.458. The van der Waals surface area contributed by atoms with Crippen molar-refractivity contribution in [2.75, 3.05) is 12.3 Å². The first-order valence-corrected chi connectivity index (χ1v) is 7.85. The molecule has 1 unspecified atom stereocenters. The van der Waals surface area contributed by atoms with Crippen molar-refractivity contribution in [2.24, 2.45) is 0 Å².